The summed E-state index contributed by atoms with van der Waals surface area (Å²) in [6, 6.07) is 0.0332. The van der Waals surface area contributed by atoms with Crippen molar-refractivity contribution in [3.63, 3.8) is 0 Å². The van der Waals surface area contributed by atoms with Gasteiger partial charge in [-0.3, -0.25) is 0 Å². The number of hydrogen-bond donors (Lipinski definition) is 1. The third-order valence-electron chi connectivity index (χ3n) is 2.17. The van der Waals surface area contributed by atoms with E-state index < -0.39 is 0 Å². The van der Waals surface area contributed by atoms with Gasteiger partial charge in [0, 0.05) is 26.2 Å². The Hall–Kier alpha value is -0.770. The summed E-state index contributed by atoms with van der Waals surface area (Å²) in [4.78, 5) is 15.3. The Morgan fingerprint density at radius 2 is 1.64 bits per heavy atom. The van der Waals surface area contributed by atoms with Crippen molar-refractivity contribution in [1.29, 1.82) is 0 Å². The number of carbonyl (C=O) groups excluding carboxylic acids is 1. The van der Waals surface area contributed by atoms with Crippen molar-refractivity contribution >= 4 is 6.03 Å². The van der Waals surface area contributed by atoms with Crippen molar-refractivity contribution in [3.05, 3.63) is 0 Å². The van der Waals surface area contributed by atoms with Gasteiger partial charge < -0.3 is 14.9 Å². The molecule has 4 heteroatoms. The maximum Gasteiger partial charge on any atom is 0.320 e. The Morgan fingerprint density at radius 3 is 2.00 bits per heavy atom. The van der Waals surface area contributed by atoms with Crippen LogP contribution in [-0.2, 0) is 0 Å². The zero-order valence-corrected chi connectivity index (χ0v) is 9.49. The smallest absolute Gasteiger partial charge is 0.320 e. The lowest BCUT2D eigenvalue weighted by molar-refractivity contribution is 0.143. The Bertz CT molecular complexity index is 152. The van der Waals surface area contributed by atoms with Gasteiger partial charge in [0.2, 0.25) is 0 Å². The fraction of sp³-hybridized carbons (Fsp3) is 0.900. The van der Waals surface area contributed by atoms with E-state index in [4.69, 9.17) is 5.11 Å². The van der Waals surface area contributed by atoms with E-state index >= 15 is 0 Å². The summed E-state index contributed by atoms with van der Waals surface area (Å²) in [6.07, 6.45) is 0.924. The molecule has 0 spiro atoms. The van der Waals surface area contributed by atoms with Crippen LogP contribution >= 0.6 is 0 Å². The topological polar surface area (TPSA) is 43.8 Å². The largest absolute Gasteiger partial charge is 0.395 e. The highest BCUT2D eigenvalue weighted by atomic mass is 16.3. The first-order chi connectivity index (χ1) is 6.71. The van der Waals surface area contributed by atoms with E-state index in [0.29, 0.717) is 6.54 Å². The van der Waals surface area contributed by atoms with Crippen LogP contribution in [0.4, 0.5) is 4.79 Å². The highest BCUT2D eigenvalue weighted by molar-refractivity contribution is 5.74. The summed E-state index contributed by atoms with van der Waals surface area (Å²) in [5.74, 6) is 0. The van der Waals surface area contributed by atoms with E-state index in [1.165, 1.54) is 0 Å². The molecule has 0 rings (SSSR count). The van der Waals surface area contributed by atoms with E-state index in [1.807, 2.05) is 20.8 Å². The first kappa shape index (κ1) is 13.2. The maximum atomic E-state index is 11.8. The van der Waals surface area contributed by atoms with E-state index in [0.717, 1.165) is 26.1 Å². The third kappa shape index (κ3) is 3.96. The zero-order valence-electron chi connectivity index (χ0n) is 9.49. The van der Waals surface area contributed by atoms with Crippen molar-refractivity contribution in [2.24, 2.45) is 0 Å². The minimum absolute atomic E-state index is 0.0332. The average molecular weight is 202 g/mol. The maximum absolute atomic E-state index is 11.8. The van der Waals surface area contributed by atoms with Crippen LogP contribution in [0.1, 0.15) is 27.2 Å². The second-order valence-corrected chi connectivity index (χ2v) is 3.17. The van der Waals surface area contributed by atoms with Crippen molar-refractivity contribution in [2.75, 3.05) is 32.8 Å². The van der Waals surface area contributed by atoms with Crippen LogP contribution in [0.2, 0.25) is 0 Å². The SMILES string of the molecule is CCCN(CCO)C(=O)N(CC)CC. The fourth-order valence-electron chi connectivity index (χ4n) is 1.39. The summed E-state index contributed by atoms with van der Waals surface area (Å²) in [5.41, 5.74) is 0. The summed E-state index contributed by atoms with van der Waals surface area (Å²) >= 11 is 0. The molecule has 0 saturated carbocycles. The zero-order chi connectivity index (χ0) is 11.0. The minimum atomic E-state index is 0.0332. The molecule has 84 valence electrons. The monoisotopic (exact) mass is 202 g/mol. The van der Waals surface area contributed by atoms with Crippen LogP contribution in [-0.4, -0.2) is 53.7 Å². The molecule has 14 heavy (non-hydrogen) atoms. The average Bonchev–Trinajstić information content (AvgIpc) is 2.19. The molecule has 0 bridgehead atoms. The highest BCUT2D eigenvalue weighted by Crippen LogP contribution is 1.99. The van der Waals surface area contributed by atoms with Gasteiger partial charge in [0.25, 0.3) is 0 Å². The lowest BCUT2D eigenvalue weighted by Gasteiger charge is -2.28. The van der Waals surface area contributed by atoms with E-state index in [1.54, 1.807) is 9.80 Å². The number of aliphatic hydroxyl groups is 1. The van der Waals surface area contributed by atoms with Crippen LogP contribution in [0.3, 0.4) is 0 Å². The number of rotatable bonds is 6. The van der Waals surface area contributed by atoms with Gasteiger partial charge in [-0.2, -0.15) is 0 Å². The molecule has 4 nitrogen and oxygen atoms in total. The second-order valence-electron chi connectivity index (χ2n) is 3.17. The first-order valence-electron chi connectivity index (χ1n) is 5.35. The summed E-state index contributed by atoms with van der Waals surface area (Å²) in [5, 5.41) is 8.83. The van der Waals surface area contributed by atoms with Crippen molar-refractivity contribution < 1.29 is 9.90 Å². The van der Waals surface area contributed by atoms with Gasteiger partial charge in [-0.1, -0.05) is 6.92 Å². The number of hydrogen-bond acceptors (Lipinski definition) is 2. The van der Waals surface area contributed by atoms with Gasteiger partial charge in [-0.15, -0.1) is 0 Å². The molecule has 0 unspecified atom stereocenters. The first-order valence-corrected chi connectivity index (χ1v) is 5.35. The predicted molar refractivity (Wildman–Crippen MR) is 57.3 cm³/mol. The molecule has 0 saturated heterocycles. The number of aliphatic hydroxyl groups excluding tert-OH is 1. The van der Waals surface area contributed by atoms with E-state index in [2.05, 4.69) is 0 Å². The van der Waals surface area contributed by atoms with Gasteiger partial charge in [-0.05, 0) is 20.3 Å². The molecule has 2 amide bonds. The molecule has 0 aromatic carbocycles. The van der Waals surface area contributed by atoms with Gasteiger partial charge in [-0.25, -0.2) is 4.79 Å². The molecule has 0 fully saturated rings. The van der Waals surface area contributed by atoms with Crippen molar-refractivity contribution in [2.45, 2.75) is 27.2 Å². The molecule has 0 radical (unpaired) electrons. The normalized spacial score (nSPS) is 10.0. The molecule has 0 aliphatic carbocycles. The van der Waals surface area contributed by atoms with Crippen LogP contribution in [0.15, 0.2) is 0 Å². The Morgan fingerprint density at radius 1 is 1.07 bits per heavy atom. The molecular weight excluding hydrogens is 180 g/mol. The van der Waals surface area contributed by atoms with Gasteiger partial charge >= 0.3 is 6.03 Å². The Balaban J connectivity index is 4.24. The number of nitrogens with zero attached hydrogens (tertiary/aromatic N) is 2. The van der Waals surface area contributed by atoms with Crippen LogP contribution in [0, 0.1) is 0 Å². The number of urea groups is 1. The molecule has 0 aromatic heterocycles. The van der Waals surface area contributed by atoms with Crippen LogP contribution < -0.4 is 0 Å². The molecule has 0 aliphatic heterocycles. The highest BCUT2D eigenvalue weighted by Gasteiger charge is 2.16. The fourth-order valence-corrected chi connectivity index (χ4v) is 1.39. The standard InChI is InChI=1S/C10H22N2O2/c1-4-7-12(8-9-13)10(14)11(5-2)6-3/h13H,4-9H2,1-3H3. The minimum Gasteiger partial charge on any atom is -0.395 e. The van der Waals surface area contributed by atoms with Gasteiger partial charge in [0.05, 0.1) is 6.61 Å². The molecule has 0 aliphatic rings. The van der Waals surface area contributed by atoms with Crippen LogP contribution in [0.25, 0.3) is 0 Å². The van der Waals surface area contributed by atoms with Gasteiger partial charge in [0.15, 0.2) is 0 Å². The molecule has 0 aromatic rings. The summed E-state index contributed by atoms with van der Waals surface area (Å²) in [6.45, 7) is 8.59. The molecular formula is C10H22N2O2. The third-order valence-corrected chi connectivity index (χ3v) is 2.17. The lowest BCUT2D eigenvalue weighted by Crippen LogP contribution is -2.44. The van der Waals surface area contributed by atoms with E-state index in [-0.39, 0.29) is 12.6 Å². The lowest BCUT2D eigenvalue weighted by atomic mass is 10.4. The Labute approximate surface area is 86.5 Å². The molecule has 0 heterocycles. The summed E-state index contributed by atoms with van der Waals surface area (Å²) in [7, 11) is 0. The second kappa shape index (κ2) is 7.62. The number of carbonyl (C=O) groups is 1. The van der Waals surface area contributed by atoms with Crippen LogP contribution in [0.5, 0.6) is 0 Å². The quantitative estimate of drug-likeness (QED) is 0.702. The summed E-state index contributed by atoms with van der Waals surface area (Å²) < 4.78 is 0. The molecule has 0 atom stereocenters. The van der Waals surface area contributed by atoms with Crippen molar-refractivity contribution in [3.8, 4) is 0 Å². The van der Waals surface area contributed by atoms with E-state index in [9.17, 15) is 4.79 Å². The van der Waals surface area contributed by atoms with Crippen molar-refractivity contribution in [1.82, 2.24) is 9.80 Å². The molecule has 1 N–H and O–H groups in total. The van der Waals surface area contributed by atoms with Gasteiger partial charge in [0.1, 0.15) is 0 Å². The number of amides is 2. The predicted octanol–water partition coefficient (Wildman–Crippen LogP) is 1.15. The Kier molecular flexibility index (Phi) is 7.20.